The molecule has 3 heteroatoms. The Hall–Kier alpha value is -1.22. The Bertz CT molecular complexity index is 585. The lowest BCUT2D eigenvalue weighted by Gasteiger charge is -2.50. The highest BCUT2D eigenvalue weighted by molar-refractivity contribution is 5.62. The molecule has 21 heavy (non-hydrogen) atoms. The van der Waals surface area contributed by atoms with E-state index >= 15 is 0 Å². The average molecular weight is 287 g/mol. The molecule has 4 rings (SSSR count). The molecule has 3 aliphatic rings. The molecule has 0 heterocycles. The van der Waals surface area contributed by atoms with E-state index in [1.807, 2.05) is 0 Å². The van der Waals surface area contributed by atoms with E-state index in [2.05, 4.69) is 13.0 Å². The van der Waals surface area contributed by atoms with E-state index in [9.17, 15) is 10.2 Å². The van der Waals surface area contributed by atoms with E-state index in [1.165, 1.54) is 17.5 Å². The molecule has 2 saturated carbocycles. The Labute approximate surface area is 126 Å². The van der Waals surface area contributed by atoms with E-state index in [0.717, 1.165) is 32.1 Å². The summed E-state index contributed by atoms with van der Waals surface area (Å²) in [6.07, 6.45) is 6.40. The van der Waals surface area contributed by atoms with Crippen molar-refractivity contribution in [2.75, 3.05) is 5.73 Å². The molecule has 0 aromatic heterocycles. The maximum Gasteiger partial charge on any atom is 0.138 e. The molecular formula is C18H25NO2. The first kappa shape index (κ1) is 13.4. The number of anilines is 1. The number of phenols is 1. The van der Waals surface area contributed by atoms with Crippen LogP contribution in [-0.2, 0) is 6.42 Å². The van der Waals surface area contributed by atoms with Gasteiger partial charge in [-0.1, -0.05) is 13.0 Å². The second kappa shape index (κ2) is 4.39. The summed E-state index contributed by atoms with van der Waals surface area (Å²) in [6.45, 7) is 2.30. The van der Waals surface area contributed by atoms with Gasteiger partial charge in [0.2, 0.25) is 0 Å². The molecule has 114 valence electrons. The lowest BCUT2D eigenvalue weighted by Crippen LogP contribution is -2.44. The lowest BCUT2D eigenvalue weighted by atomic mass is 9.55. The van der Waals surface area contributed by atoms with Crippen LogP contribution in [0.25, 0.3) is 0 Å². The second-order valence-corrected chi connectivity index (χ2v) is 7.62. The summed E-state index contributed by atoms with van der Waals surface area (Å²) in [4.78, 5) is 0. The third kappa shape index (κ3) is 1.70. The zero-order valence-electron chi connectivity index (χ0n) is 12.7. The first-order valence-electron chi connectivity index (χ1n) is 8.30. The molecule has 0 spiro atoms. The van der Waals surface area contributed by atoms with Gasteiger partial charge in [0.15, 0.2) is 0 Å². The molecule has 3 nitrogen and oxygen atoms in total. The number of hydrogen-bond donors (Lipinski definition) is 3. The van der Waals surface area contributed by atoms with Crippen molar-refractivity contribution in [1.29, 1.82) is 0 Å². The molecule has 0 radical (unpaired) electrons. The minimum absolute atomic E-state index is 0.116. The van der Waals surface area contributed by atoms with Gasteiger partial charge >= 0.3 is 0 Å². The Morgan fingerprint density at radius 1 is 1.19 bits per heavy atom. The van der Waals surface area contributed by atoms with Gasteiger partial charge in [0, 0.05) is 0 Å². The van der Waals surface area contributed by atoms with Gasteiger partial charge in [-0.05, 0) is 78.9 Å². The molecule has 3 aliphatic carbocycles. The van der Waals surface area contributed by atoms with E-state index in [4.69, 9.17) is 5.73 Å². The SMILES string of the molecule is C[C@]12CC[C@@H]3c4ccc(O)c(N)c4CC[C@H]3[C@@H]1CC[C@H]2O. The van der Waals surface area contributed by atoms with E-state index < -0.39 is 0 Å². The zero-order chi connectivity index (χ0) is 14.8. The molecule has 2 fully saturated rings. The third-order valence-electron chi connectivity index (χ3n) is 6.88. The fourth-order valence-electron chi connectivity index (χ4n) is 5.66. The summed E-state index contributed by atoms with van der Waals surface area (Å²) in [7, 11) is 0. The van der Waals surface area contributed by atoms with Crippen LogP contribution in [0.5, 0.6) is 5.75 Å². The summed E-state index contributed by atoms with van der Waals surface area (Å²) in [5.41, 5.74) is 9.35. The quantitative estimate of drug-likeness (QED) is 0.507. The summed E-state index contributed by atoms with van der Waals surface area (Å²) in [5.74, 6) is 2.12. The van der Waals surface area contributed by atoms with Crippen molar-refractivity contribution in [2.45, 2.75) is 57.5 Å². The molecule has 0 amide bonds. The number of aromatic hydroxyl groups is 1. The van der Waals surface area contributed by atoms with Crippen molar-refractivity contribution >= 4 is 5.69 Å². The standard InChI is InChI=1S/C18H25NO2/c1-18-9-8-11-10-4-6-15(20)17(19)13(10)3-2-12(11)14(18)5-7-16(18)21/h4,6,11-12,14,16,20-21H,2-3,5,7-9,19H2,1H3/t11-,12-,14+,16-,18+/m1/s1. The number of aliphatic hydroxyl groups excluding tert-OH is 1. The molecule has 4 N–H and O–H groups in total. The maximum absolute atomic E-state index is 10.4. The monoisotopic (exact) mass is 287 g/mol. The van der Waals surface area contributed by atoms with Crippen molar-refractivity contribution < 1.29 is 10.2 Å². The molecule has 1 aromatic carbocycles. The Kier molecular flexibility index (Phi) is 2.81. The van der Waals surface area contributed by atoms with E-state index in [-0.39, 0.29) is 17.3 Å². The smallest absolute Gasteiger partial charge is 0.138 e. The minimum Gasteiger partial charge on any atom is -0.506 e. The van der Waals surface area contributed by atoms with Crippen molar-refractivity contribution in [1.82, 2.24) is 0 Å². The first-order chi connectivity index (χ1) is 10.0. The van der Waals surface area contributed by atoms with Crippen molar-refractivity contribution in [3.63, 3.8) is 0 Å². The molecule has 1 aromatic rings. The van der Waals surface area contributed by atoms with Gasteiger partial charge < -0.3 is 15.9 Å². The van der Waals surface area contributed by atoms with Gasteiger partial charge in [-0.3, -0.25) is 0 Å². The summed E-state index contributed by atoms with van der Waals surface area (Å²) >= 11 is 0. The molecule has 0 unspecified atom stereocenters. The van der Waals surface area contributed by atoms with Gasteiger partial charge in [0.05, 0.1) is 11.8 Å². The highest BCUT2D eigenvalue weighted by atomic mass is 16.3. The second-order valence-electron chi connectivity index (χ2n) is 7.62. The largest absolute Gasteiger partial charge is 0.506 e. The summed E-state index contributed by atoms with van der Waals surface area (Å²) in [6, 6.07) is 3.85. The van der Waals surface area contributed by atoms with Crippen molar-refractivity contribution in [3.8, 4) is 5.75 Å². The molecule has 0 saturated heterocycles. The van der Waals surface area contributed by atoms with Crippen LogP contribution in [-0.4, -0.2) is 16.3 Å². The Morgan fingerprint density at radius 3 is 2.81 bits per heavy atom. The average Bonchev–Trinajstić information content (AvgIpc) is 2.78. The van der Waals surface area contributed by atoms with Crippen molar-refractivity contribution in [2.24, 2.45) is 17.3 Å². The van der Waals surface area contributed by atoms with Gasteiger partial charge in [-0.15, -0.1) is 0 Å². The van der Waals surface area contributed by atoms with Crippen LogP contribution in [0.2, 0.25) is 0 Å². The molecular weight excluding hydrogens is 262 g/mol. The first-order valence-corrected chi connectivity index (χ1v) is 8.30. The maximum atomic E-state index is 10.4. The number of hydrogen-bond acceptors (Lipinski definition) is 3. The number of benzene rings is 1. The lowest BCUT2D eigenvalue weighted by molar-refractivity contribution is -0.0225. The van der Waals surface area contributed by atoms with Gasteiger partial charge in [-0.25, -0.2) is 0 Å². The van der Waals surface area contributed by atoms with Crippen LogP contribution in [0.3, 0.4) is 0 Å². The van der Waals surface area contributed by atoms with Crippen LogP contribution in [0, 0.1) is 17.3 Å². The number of nitrogens with two attached hydrogens (primary N) is 1. The van der Waals surface area contributed by atoms with E-state index in [0.29, 0.717) is 23.4 Å². The Morgan fingerprint density at radius 2 is 2.00 bits per heavy atom. The number of rotatable bonds is 0. The fraction of sp³-hybridized carbons (Fsp3) is 0.667. The minimum atomic E-state index is -0.116. The van der Waals surface area contributed by atoms with Crippen LogP contribution in [0.4, 0.5) is 5.69 Å². The summed E-state index contributed by atoms with van der Waals surface area (Å²) < 4.78 is 0. The molecule has 0 bridgehead atoms. The van der Waals surface area contributed by atoms with Crippen LogP contribution in [0.15, 0.2) is 12.1 Å². The van der Waals surface area contributed by atoms with Crippen molar-refractivity contribution in [3.05, 3.63) is 23.3 Å². The van der Waals surface area contributed by atoms with Gasteiger partial charge in [-0.2, -0.15) is 0 Å². The number of aliphatic hydroxyl groups is 1. The predicted octanol–water partition coefficient (Wildman–Crippen LogP) is 3.19. The number of fused-ring (bicyclic) bond motifs is 5. The number of nitrogen functional groups attached to an aromatic ring is 1. The normalized spacial score (nSPS) is 41.2. The van der Waals surface area contributed by atoms with Crippen LogP contribution >= 0.6 is 0 Å². The summed E-state index contributed by atoms with van der Waals surface area (Å²) in [5, 5.41) is 20.2. The highest BCUT2D eigenvalue weighted by Gasteiger charge is 2.54. The fourth-order valence-corrected chi connectivity index (χ4v) is 5.66. The predicted molar refractivity (Wildman–Crippen MR) is 83.1 cm³/mol. The molecule has 5 atom stereocenters. The third-order valence-corrected chi connectivity index (χ3v) is 6.88. The van der Waals surface area contributed by atoms with Gasteiger partial charge in [0.25, 0.3) is 0 Å². The van der Waals surface area contributed by atoms with Gasteiger partial charge in [0.1, 0.15) is 5.75 Å². The zero-order valence-corrected chi connectivity index (χ0v) is 12.7. The van der Waals surface area contributed by atoms with E-state index in [1.54, 1.807) is 6.07 Å². The van der Waals surface area contributed by atoms with Crippen LogP contribution in [0.1, 0.15) is 56.1 Å². The topological polar surface area (TPSA) is 66.5 Å². The van der Waals surface area contributed by atoms with Crippen LogP contribution < -0.4 is 5.73 Å². The molecule has 0 aliphatic heterocycles. The Balaban J connectivity index is 1.74. The number of phenolic OH excluding ortho intramolecular Hbond substituents is 1. The highest BCUT2D eigenvalue weighted by Crippen LogP contribution is 2.61.